The van der Waals surface area contributed by atoms with Gasteiger partial charge in [-0.15, -0.1) is 0 Å². The van der Waals surface area contributed by atoms with Gasteiger partial charge in [-0.2, -0.15) is 0 Å². The van der Waals surface area contributed by atoms with Gasteiger partial charge >= 0.3 is 5.69 Å². The number of nitro groups is 1. The van der Waals surface area contributed by atoms with E-state index in [4.69, 9.17) is 0 Å². The van der Waals surface area contributed by atoms with Crippen LogP contribution in [0.5, 0.6) is 5.75 Å². The number of phenols is 1. The Morgan fingerprint density at radius 1 is 1.17 bits per heavy atom. The summed E-state index contributed by atoms with van der Waals surface area (Å²) in [5.41, 5.74) is 4.78. The number of benzene rings is 2. The van der Waals surface area contributed by atoms with E-state index >= 15 is 0 Å². The van der Waals surface area contributed by atoms with E-state index < -0.39 is 4.92 Å². The maximum absolute atomic E-state index is 12.8. The summed E-state index contributed by atoms with van der Waals surface area (Å²) < 4.78 is 0. The Labute approximate surface area is 139 Å². The third kappa shape index (κ3) is 2.80. The molecule has 0 radical (unpaired) electrons. The van der Waals surface area contributed by atoms with Crippen molar-refractivity contribution in [1.29, 1.82) is 0 Å². The molecule has 2 aromatic carbocycles. The van der Waals surface area contributed by atoms with E-state index in [1.54, 1.807) is 12.1 Å². The third-order valence-corrected chi connectivity index (χ3v) is 4.33. The number of rotatable bonds is 2. The first-order valence-electron chi connectivity index (χ1n) is 7.69. The molecule has 1 N–H and O–H groups in total. The lowest BCUT2D eigenvalue weighted by Gasteiger charge is -2.20. The zero-order chi connectivity index (χ0) is 17.4. The quantitative estimate of drug-likeness (QED) is 0.512. The van der Waals surface area contributed by atoms with Crippen LogP contribution in [0.25, 0.3) is 6.08 Å². The summed E-state index contributed by atoms with van der Waals surface area (Å²) in [5.74, 6) is -0.410. The average molecular weight is 323 g/mol. The lowest BCUT2D eigenvalue weighted by atomic mass is 9.83. The van der Waals surface area contributed by atoms with Crippen LogP contribution >= 0.6 is 0 Å². The summed E-state index contributed by atoms with van der Waals surface area (Å²) in [6.45, 7) is 3.97. The van der Waals surface area contributed by atoms with E-state index in [0.717, 1.165) is 28.7 Å². The first-order chi connectivity index (χ1) is 11.4. The first-order valence-corrected chi connectivity index (χ1v) is 7.69. The van der Waals surface area contributed by atoms with Gasteiger partial charge in [-0.05, 0) is 61.6 Å². The number of aryl methyl sites for hydroxylation is 2. The van der Waals surface area contributed by atoms with Gasteiger partial charge in [-0.1, -0.05) is 17.7 Å². The van der Waals surface area contributed by atoms with Crippen molar-refractivity contribution >= 4 is 17.5 Å². The van der Waals surface area contributed by atoms with Crippen molar-refractivity contribution in [3.8, 4) is 5.75 Å². The molecule has 24 heavy (non-hydrogen) atoms. The Balaban J connectivity index is 2.02. The molecule has 0 heterocycles. The molecule has 1 aliphatic rings. The topological polar surface area (TPSA) is 80.4 Å². The number of aromatic hydroxyl groups is 1. The fourth-order valence-corrected chi connectivity index (χ4v) is 3.19. The van der Waals surface area contributed by atoms with Crippen molar-refractivity contribution in [1.82, 2.24) is 0 Å². The number of allylic oxidation sites excluding steroid dienone is 1. The van der Waals surface area contributed by atoms with Crippen LogP contribution in [0.2, 0.25) is 0 Å². The van der Waals surface area contributed by atoms with Crippen LogP contribution in [0.1, 0.15) is 39.0 Å². The number of phenolic OH excluding ortho intramolecular Hbond substituents is 1. The van der Waals surface area contributed by atoms with Crippen molar-refractivity contribution in [3.05, 3.63) is 73.8 Å². The summed E-state index contributed by atoms with van der Waals surface area (Å²) in [5, 5.41) is 20.5. The molecule has 3 rings (SSSR count). The number of hydrogen-bond donors (Lipinski definition) is 1. The van der Waals surface area contributed by atoms with E-state index in [1.165, 1.54) is 12.1 Å². The molecule has 2 aromatic rings. The second-order valence-electron chi connectivity index (χ2n) is 6.11. The zero-order valence-corrected chi connectivity index (χ0v) is 13.5. The largest absolute Gasteiger partial charge is 0.502 e. The number of nitrogens with zero attached hydrogens (tertiary/aromatic N) is 1. The van der Waals surface area contributed by atoms with Crippen LogP contribution in [-0.4, -0.2) is 15.8 Å². The van der Waals surface area contributed by atoms with Gasteiger partial charge in [0.15, 0.2) is 11.5 Å². The van der Waals surface area contributed by atoms with E-state index in [0.29, 0.717) is 17.6 Å². The molecule has 5 heteroatoms. The molecule has 0 bridgehead atoms. The molecule has 1 aliphatic carbocycles. The standard InChI is InChI=1S/C19H17NO4/c1-11-7-12(2)15-5-4-14(19(22)16(15)8-11)9-13-3-6-18(21)17(10-13)20(23)24/h3,6-10,21H,4-5H2,1-2H3/b14-9-. The third-order valence-electron chi connectivity index (χ3n) is 4.33. The van der Waals surface area contributed by atoms with Gasteiger partial charge in [0.1, 0.15) is 0 Å². The number of carbonyl (C=O) groups excluding carboxylic acids is 1. The Hall–Kier alpha value is -2.95. The SMILES string of the molecule is Cc1cc(C)c2c(c1)C(=O)/C(=C\c1ccc(O)c([N+](=O)[O-])c1)CC2. The van der Waals surface area contributed by atoms with Crippen molar-refractivity contribution < 1.29 is 14.8 Å². The van der Waals surface area contributed by atoms with Crippen LogP contribution in [0.3, 0.4) is 0 Å². The van der Waals surface area contributed by atoms with Gasteiger partial charge in [0.25, 0.3) is 0 Å². The summed E-state index contributed by atoms with van der Waals surface area (Å²) in [6, 6.07) is 8.10. The monoisotopic (exact) mass is 323 g/mol. The van der Waals surface area contributed by atoms with Gasteiger partial charge < -0.3 is 5.11 Å². The maximum atomic E-state index is 12.8. The highest BCUT2D eigenvalue weighted by Crippen LogP contribution is 2.32. The molecule has 5 nitrogen and oxygen atoms in total. The Morgan fingerprint density at radius 2 is 1.92 bits per heavy atom. The van der Waals surface area contributed by atoms with Crippen molar-refractivity contribution in [2.24, 2.45) is 0 Å². The lowest BCUT2D eigenvalue weighted by molar-refractivity contribution is -0.385. The Morgan fingerprint density at radius 3 is 2.62 bits per heavy atom. The number of hydrogen-bond acceptors (Lipinski definition) is 4. The molecule has 0 aliphatic heterocycles. The first kappa shape index (κ1) is 15.9. The number of carbonyl (C=O) groups is 1. The molecule has 0 spiro atoms. The Kier molecular flexibility index (Phi) is 3.93. The molecule has 0 saturated carbocycles. The smallest absolute Gasteiger partial charge is 0.311 e. The molecule has 0 aromatic heterocycles. The van der Waals surface area contributed by atoms with E-state index in [-0.39, 0.29) is 17.2 Å². The Bertz CT molecular complexity index is 896. The second-order valence-corrected chi connectivity index (χ2v) is 6.11. The van der Waals surface area contributed by atoms with Crippen molar-refractivity contribution in [2.75, 3.05) is 0 Å². The van der Waals surface area contributed by atoms with E-state index in [1.807, 2.05) is 19.9 Å². The number of fused-ring (bicyclic) bond motifs is 1. The zero-order valence-electron chi connectivity index (χ0n) is 13.5. The van der Waals surface area contributed by atoms with Gasteiger partial charge in [-0.25, -0.2) is 0 Å². The molecule has 122 valence electrons. The predicted octanol–water partition coefficient (Wildman–Crippen LogP) is 4.13. The van der Waals surface area contributed by atoms with Crippen LogP contribution in [0, 0.1) is 24.0 Å². The summed E-state index contributed by atoms with van der Waals surface area (Å²) in [7, 11) is 0. The van der Waals surface area contributed by atoms with Crippen molar-refractivity contribution in [3.63, 3.8) is 0 Å². The second kappa shape index (κ2) is 5.92. The summed E-state index contributed by atoms with van der Waals surface area (Å²) in [6.07, 6.45) is 3.05. The highest BCUT2D eigenvalue weighted by molar-refractivity contribution is 6.13. The van der Waals surface area contributed by atoms with Gasteiger partial charge in [-0.3, -0.25) is 14.9 Å². The molecule has 0 saturated heterocycles. The summed E-state index contributed by atoms with van der Waals surface area (Å²) >= 11 is 0. The van der Waals surface area contributed by atoms with Gasteiger partial charge in [0.05, 0.1) is 4.92 Å². The van der Waals surface area contributed by atoms with E-state index in [9.17, 15) is 20.0 Å². The fraction of sp³-hybridized carbons (Fsp3) is 0.211. The number of Topliss-reactive ketones (excluding diaryl/α,β-unsaturated/α-hetero) is 1. The minimum Gasteiger partial charge on any atom is -0.502 e. The molecular weight excluding hydrogens is 306 g/mol. The van der Waals surface area contributed by atoms with Gasteiger partial charge in [0, 0.05) is 17.2 Å². The minimum atomic E-state index is -0.637. The maximum Gasteiger partial charge on any atom is 0.311 e. The fourth-order valence-electron chi connectivity index (χ4n) is 3.19. The minimum absolute atomic E-state index is 0.0289. The van der Waals surface area contributed by atoms with Crippen LogP contribution in [-0.2, 0) is 6.42 Å². The van der Waals surface area contributed by atoms with Crippen LogP contribution < -0.4 is 0 Å². The highest BCUT2D eigenvalue weighted by Gasteiger charge is 2.24. The van der Waals surface area contributed by atoms with Crippen LogP contribution in [0.15, 0.2) is 35.9 Å². The predicted molar refractivity (Wildman–Crippen MR) is 91.3 cm³/mol. The van der Waals surface area contributed by atoms with Crippen LogP contribution in [0.4, 0.5) is 5.69 Å². The molecular formula is C19H17NO4. The highest BCUT2D eigenvalue weighted by atomic mass is 16.6. The number of ketones is 1. The molecule has 0 fully saturated rings. The molecule has 0 amide bonds. The van der Waals surface area contributed by atoms with Crippen molar-refractivity contribution in [2.45, 2.75) is 26.7 Å². The lowest BCUT2D eigenvalue weighted by Crippen LogP contribution is -2.15. The number of nitro benzene ring substituents is 1. The van der Waals surface area contributed by atoms with Gasteiger partial charge in [0.2, 0.25) is 0 Å². The molecule has 0 unspecified atom stereocenters. The summed E-state index contributed by atoms with van der Waals surface area (Å²) in [4.78, 5) is 23.0. The van der Waals surface area contributed by atoms with E-state index in [2.05, 4.69) is 6.07 Å². The molecule has 0 atom stereocenters. The average Bonchev–Trinajstić information content (AvgIpc) is 2.52. The normalized spacial score (nSPS) is 15.4.